The van der Waals surface area contributed by atoms with Crippen molar-refractivity contribution in [3.8, 4) is 11.1 Å². The Morgan fingerprint density at radius 2 is 1.62 bits per heavy atom. The molecular weight excluding hydrogens is 374 g/mol. The van der Waals surface area contributed by atoms with E-state index in [-0.39, 0.29) is 13.2 Å². The quantitative estimate of drug-likeness (QED) is 0.778. The first-order valence-corrected chi connectivity index (χ1v) is 9.57. The zero-order chi connectivity index (χ0) is 20.2. The second kappa shape index (κ2) is 6.38. The highest BCUT2D eigenvalue weighted by Crippen LogP contribution is 2.40. The van der Waals surface area contributed by atoms with Crippen LogP contribution in [0.5, 0.6) is 0 Å². The Morgan fingerprint density at radius 3 is 2.34 bits per heavy atom. The maximum atomic E-state index is 13.0. The number of Topliss-reactive ketones (excluding diaryl/α,β-unsaturated/α-hetero) is 1. The van der Waals surface area contributed by atoms with Crippen molar-refractivity contribution in [3.05, 3.63) is 54.6 Å². The first kappa shape index (κ1) is 18.3. The summed E-state index contributed by atoms with van der Waals surface area (Å²) in [6.07, 6.45) is -1.93. The van der Waals surface area contributed by atoms with Gasteiger partial charge in [0.15, 0.2) is 11.9 Å². The maximum absolute atomic E-state index is 13.0. The number of carbonyl (C=O) groups excluding carboxylic acids is 2. The minimum Gasteiger partial charge on any atom is -0.407 e. The van der Waals surface area contributed by atoms with Crippen LogP contribution in [0.3, 0.4) is 0 Å². The van der Waals surface area contributed by atoms with Gasteiger partial charge in [-0.3, -0.25) is 9.69 Å². The van der Waals surface area contributed by atoms with Crippen LogP contribution in [0, 0.1) is 0 Å². The molecule has 3 atom stereocenters. The zero-order valence-corrected chi connectivity index (χ0v) is 16.2. The molecule has 3 saturated heterocycles. The Kier molecular flexibility index (Phi) is 4.03. The molecule has 3 heterocycles. The van der Waals surface area contributed by atoms with Gasteiger partial charge in [0.05, 0.1) is 6.61 Å². The van der Waals surface area contributed by atoms with Crippen molar-refractivity contribution >= 4 is 17.6 Å². The molecule has 0 saturated carbocycles. The summed E-state index contributed by atoms with van der Waals surface area (Å²) >= 11 is 0. The van der Waals surface area contributed by atoms with E-state index in [0.29, 0.717) is 5.69 Å². The highest BCUT2D eigenvalue weighted by Gasteiger charge is 2.63. The molecule has 150 valence electrons. The number of benzene rings is 2. The predicted octanol–water partition coefficient (Wildman–Crippen LogP) is 3.13. The normalized spacial score (nSPS) is 30.5. The number of ketones is 1. The summed E-state index contributed by atoms with van der Waals surface area (Å²) < 4.78 is 22.6. The highest BCUT2D eigenvalue weighted by molar-refractivity contribution is 6.00. The van der Waals surface area contributed by atoms with Gasteiger partial charge in [0.25, 0.3) is 5.79 Å². The van der Waals surface area contributed by atoms with Crippen molar-refractivity contribution in [3.63, 3.8) is 0 Å². The molecule has 0 N–H and O–H groups in total. The second-order valence-corrected chi connectivity index (χ2v) is 7.89. The van der Waals surface area contributed by atoms with Crippen LogP contribution in [0.15, 0.2) is 54.6 Å². The summed E-state index contributed by atoms with van der Waals surface area (Å²) in [5.74, 6) is -2.97. The molecule has 0 bridgehead atoms. The van der Waals surface area contributed by atoms with Crippen LogP contribution in [0.1, 0.15) is 13.8 Å². The van der Waals surface area contributed by atoms with Crippen LogP contribution < -0.4 is 4.90 Å². The topological polar surface area (TPSA) is 74.3 Å². The number of rotatable bonds is 2. The number of hydrogen-bond acceptors (Lipinski definition) is 6. The Balaban J connectivity index is 1.37. The highest BCUT2D eigenvalue weighted by atomic mass is 16.8. The molecule has 0 unspecified atom stereocenters. The second-order valence-electron chi connectivity index (χ2n) is 7.89. The molecule has 5 rings (SSSR count). The van der Waals surface area contributed by atoms with Gasteiger partial charge >= 0.3 is 6.09 Å². The summed E-state index contributed by atoms with van der Waals surface area (Å²) in [4.78, 5) is 27.0. The summed E-state index contributed by atoms with van der Waals surface area (Å²) in [5.41, 5.74) is 2.74. The largest absolute Gasteiger partial charge is 0.417 e. The van der Waals surface area contributed by atoms with Crippen molar-refractivity contribution in [2.24, 2.45) is 0 Å². The SMILES string of the molecule is CC1(C)O[C@@H]2CO[C@]3(CN(c4ccc(-c5ccccc5)cc4)C(=O)O3)C(=O)[C@@H]2O1. The van der Waals surface area contributed by atoms with Crippen LogP contribution in [-0.2, 0) is 23.7 Å². The lowest BCUT2D eigenvalue weighted by atomic mass is 9.98. The lowest BCUT2D eigenvalue weighted by Gasteiger charge is -2.34. The van der Waals surface area contributed by atoms with Gasteiger partial charge in [-0.15, -0.1) is 0 Å². The van der Waals surface area contributed by atoms with Crippen LogP contribution in [-0.4, -0.2) is 48.8 Å². The molecule has 7 heteroatoms. The standard InChI is InChI=1S/C22H21NO6/c1-21(2)27-17-12-26-22(19(24)18(17)28-21)13-23(20(25)29-22)16-10-8-15(9-11-16)14-6-4-3-5-7-14/h3-11,17-18H,12-13H2,1-2H3/t17-,18-,22+/m1/s1. The molecule has 1 spiro atoms. The van der Waals surface area contributed by atoms with E-state index in [4.69, 9.17) is 18.9 Å². The molecule has 2 aromatic rings. The Bertz CT molecular complexity index is 957. The van der Waals surface area contributed by atoms with Crippen LogP contribution in [0.25, 0.3) is 11.1 Å². The van der Waals surface area contributed by atoms with Crippen molar-refractivity contribution < 1.29 is 28.5 Å². The minimum atomic E-state index is -1.67. The molecule has 0 aromatic heterocycles. The molecule has 29 heavy (non-hydrogen) atoms. The van der Waals surface area contributed by atoms with Crippen molar-refractivity contribution in [1.29, 1.82) is 0 Å². The number of hydrogen-bond donors (Lipinski definition) is 0. The summed E-state index contributed by atoms with van der Waals surface area (Å²) in [5, 5.41) is 0. The Morgan fingerprint density at radius 1 is 0.931 bits per heavy atom. The fourth-order valence-corrected chi connectivity index (χ4v) is 4.05. The van der Waals surface area contributed by atoms with Gasteiger partial charge in [-0.2, -0.15) is 0 Å². The average molecular weight is 395 g/mol. The van der Waals surface area contributed by atoms with Gasteiger partial charge in [-0.05, 0) is 37.1 Å². The number of anilines is 1. The van der Waals surface area contributed by atoms with E-state index in [1.54, 1.807) is 13.8 Å². The average Bonchev–Trinajstić information content (AvgIpc) is 3.23. The van der Waals surface area contributed by atoms with Gasteiger partial charge in [0.2, 0.25) is 5.78 Å². The Hall–Kier alpha value is -2.74. The zero-order valence-electron chi connectivity index (χ0n) is 16.2. The lowest BCUT2D eigenvalue weighted by Crippen LogP contribution is -2.59. The smallest absolute Gasteiger partial charge is 0.407 e. The first-order chi connectivity index (χ1) is 13.9. The van der Waals surface area contributed by atoms with Gasteiger partial charge in [-0.1, -0.05) is 42.5 Å². The number of fused-ring (bicyclic) bond motifs is 1. The third-order valence-corrected chi connectivity index (χ3v) is 5.42. The third-order valence-electron chi connectivity index (χ3n) is 5.42. The minimum absolute atomic E-state index is 0.0254. The van der Waals surface area contributed by atoms with Gasteiger partial charge < -0.3 is 18.9 Å². The molecule has 3 fully saturated rings. The van der Waals surface area contributed by atoms with E-state index in [0.717, 1.165) is 11.1 Å². The van der Waals surface area contributed by atoms with Crippen molar-refractivity contribution in [2.45, 2.75) is 37.6 Å². The van der Waals surface area contributed by atoms with Crippen LogP contribution >= 0.6 is 0 Å². The molecule has 1 amide bonds. The summed E-state index contributed by atoms with van der Waals surface area (Å²) in [6.45, 7) is 3.58. The van der Waals surface area contributed by atoms with Gasteiger partial charge in [-0.25, -0.2) is 4.79 Å². The van der Waals surface area contributed by atoms with E-state index >= 15 is 0 Å². The predicted molar refractivity (Wildman–Crippen MR) is 103 cm³/mol. The molecule has 3 aliphatic rings. The molecule has 2 aromatic carbocycles. The van der Waals surface area contributed by atoms with Gasteiger partial charge in [0.1, 0.15) is 12.6 Å². The van der Waals surface area contributed by atoms with E-state index in [1.165, 1.54) is 4.90 Å². The van der Waals surface area contributed by atoms with E-state index in [9.17, 15) is 9.59 Å². The van der Waals surface area contributed by atoms with E-state index in [2.05, 4.69) is 0 Å². The van der Waals surface area contributed by atoms with Crippen molar-refractivity contribution in [1.82, 2.24) is 0 Å². The number of amides is 1. The summed E-state index contributed by atoms with van der Waals surface area (Å²) in [6, 6.07) is 17.5. The third kappa shape index (κ3) is 3.02. The molecule has 7 nitrogen and oxygen atoms in total. The lowest BCUT2D eigenvalue weighted by molar-refractivity contribution is -0.218. The van der Waals surface area contributed by atoms with Gasteiger partial charge in [0, 0.05) is 5.69 Å². The van der Waals surface area contributed by atoms with E-state index < -0.39 is 35.7 Å². The summed E-state index contributed by atoms with van der Waals surface area (Å²) in [7, 11) is 0. The number of carbonyl (C=O) groups is 2. The molecular formula is C22H21NO6. The number of nitrogens with zero attached hydrogens (tertiary/aromatic N) is 1. The van der Waals surface area contributed by atoms with Crippen LogP contribution in [0.2, 0.25) is 0 Å². The fraction of sp³-hybridized carbons (Fsp3) is 0.364. The molecule has 3 aliphatic heterocycles. The van der Waals surface area contributed by atoms with E-state index in [1.807, 2.05) is 54.6 Å². The number of ether oxygens (including phenoxy) is 4. The van der Waals surface area contributed by atoms with Crippen LogP contribution in [0.4, 0.5) is 10.5 Å². The monoisotopic (exact) mass is 395 g/mol. The maximum Gasteiger partial charge on any atom is 0.417 e. The Labute approximate surface area is 168 Å². The molecule has 0 aliphatic carbocycles. The first-order valence-electron chi connectivity index (χ1n) is 9.57. The fourth-order valence-electron chi connectivity index (χ4n) is 4.05. The van der Waals surface area contributed by atoms with Crippen molar-refractivity contribution in [2.75, 3.05) is 18.1 Å². The molecule has 0 radical (unpaired) electrons.